The Morgan fingerprint density at radius 2 is 2.07 bits per heavy atom. The maximum absolute atomic E-state index is 11.1. The van der Waals surface area contributed by atoms with Gasteiger partial charge in [-0.25, -0.2) is 0 Å². The van der Waals surface area contributed by atoms with Gasteiger partial charge >= 0.3 is 0 Å². The third kappa shape index (κ3) is 2.96. The van der Waals surface area contributed by atoms with Crippen LogP contribution in [0.15, 0.2) is 0 Å². The van der Waals surface area contributed by atoms with E-state index in [9.17, 15) is 4.79 Å². The zero-order valence-electron chi connectivity index (χ0n) is 9.18. The summed E-state index contributed by atoms with van der Waals surface area (Å²) in [5.74, 6) is 0.0985. The first-order chi connectivity index (χ1) is 6.59. The van der Waals surface area contributed by atoms with Crippen molar-refractivity contribution in [2.24, 2.45) is 11.1 Å². The van der Waals surface area contributed by atoms with Crippen LogP contribution in [0.5, 0.6) is 0 Å². The summed E-state index contributed by atoms with van der Waals surface area (Å²) in [6.07, 6.45) is 2.20. The molecule has 1 rings (SSSR count). The SMILES string of the molecule is CNC(=O)CN1CCC(C)(CN)CC1. The predicted molar refractivity (Wildman–Crippen MR) is 56.9 cm³/mol. The fourth-order valence-electron chi connectivity index (χ4n) is 1.74. The molecule has 14 heavy (non-hydrogen) atoms. The molecule has 0 aromatic carbocycles. The molecule has 1 saturated heterocycles. The molecular formula is C10H21N3O. The van der Waals surface area contributed by atoms with Gasteiger partial charge in [-0.05, 0) is 37.9 Å². The second-order valence-electron chi connectivity index (χ2n) is 4.46. The second-order valence-corrected chi connectivity index (χ2v) is 4.46. The van der Waals surface area contributed by atoms with Crippen molar-refractivity contribution in [1.29, 1.82) is 0 Å². The lowest BCUT2D eigenvalue weighted by molar-refractivity contribution is -0.122. The number of piperidine rings is 1. The number of amides is 1. The maximum atomic E-state index is 11.1. The summed E-state index contributed by atoms with van der Waals surface area (Å²) < 4.78 is 0. The lowest BCUT2D eigenvalue weighted by atomic mass is 9.80. The molecule has 4 nitrogen and oxygen atoms in total. The quantitative estimate of drug-likeness (QED) is 0.661. The van der Waals surface area contributed by atoms with Gasteiger partial charge in [0, 0.05) is 7.05 Å². The first kappa shape index (κ1) is 11.5. The van der Waals surface area contributed by atoms with Crippen LogP contribution in [0.2, 0.25) is 0 Å². The zero-order chi connectivity index (χ0) is 10.6. The highest BCUT2D eigenvalue weighted by Crippen LogP contribution is 2.28. The second kappa shape index (κ2) is 4.75. The number of hydrogen-bond acceptors (Lipinski definition) is 3. The van der Waals surface area contributed by atoms with Gasteiger partial charge in [0.15, 0.2) is 0 Å². The number of likely N-dealkylation sites (tertiary alicyclic amines) is 1. The van der Waals surface area contributed by atoms with Crippen molar-refractivity contribution in [2.75, 3.05) is 33.2 Å². The number of likely N-dealkylation sites (N-methyl/N-ethyl adjacent to an activating group) is 1. The van der Waals surface area contributed by atoms with E-state index in [1.807, 2.05) is 0 Å². The van der Waals surface area contributed by atoms with Gasteiger partial charge in [0.25, 0.3) is 0 Å². The minimum absolute atomic E-state index is 0.0985. The van der Waals surface area contributed by atoms with E-state index < -0.39 is 0 Å². The molecule has 1 aliphatic rings. The molecule has 0 spiro atoms. The van der Waals surface area contributed by atoms with Crippen molar-refractivity contribution in [1.82, 2.24) is 10.2 Å². The molecule has 82 valence electrons. The smallest absolute Gasteiger partial charge is 0.233 e. The molecule has 0 aromatic rings. The highest BCUT2D eigenvalue weighted by Gasteiger charge is 2.28. The normalized spacial score (nSPS) is 21.9. The lowest BCUT2D eigenvalue weighted by Gasteiger charge is -2.38. The van der Waals surface area contributed by atoms with Crippen LogP contribution < -0.4 is 11.1 Å². The van der Waals surface area contributed by atoms with Crippen molar-refractivity contribution in [3.8, 4) is 0 Å². The van der Waals surface area contributed by atoms with E-state index in [4.69, 9.17) is 5.73 Å². The molecule has 1 amide bonds. The molecule has 3 N–H and O–H groups in total. The van der Waals surface area contributed by atoms with Crippen LogP contribution in [-0.2, 0) is 4.79 Å². The van der Waals surface area contributed by atoms with Crippen LogP contribution in [0.25, 0.3) is 0 Å². The van der Waals surface area contributed by atoms with E-state index in [-0.39, 0.29) is 5.91 Å². The molecule has 0 atom stereocenters. The van der Waals surface area contributed by atoms with E-state index in [1.165, 1.54) is 0 Å². The highest BCUT2D eigenvalue weighted by molar-refractivity contribution is 5.77. The summed E-state index contributed by atoms with van der Waals surface area (Å²) in [5.41, 5.74) is 6.00. The Balaban J connectivity index is 2.32. The third-order valence-electron chi connectivity index (χ3n) is 3.20. The maximum Gasteiger partial charge on any atom is 0.233 e. The molecule has 1 fully saturated rings. The average molecular weight is 199 g/mol. The van der Waals surface area contributed by atoms with Gasteiger partial charge < -0.3 is 11.1 Å². The van der Waals surface area contributed by atoms with Crippen LogP contribution in [0.4, 0.5) is 0 Å². The standard InChI is InChI=1S/C10H21N3O/c1-10(8-11)3-5-13(6-4-10)7-9(14)12-2/h3-8,11H2,1-2H3,(H,12,14). The number of rotatable bonds is 3. The summed E-state index contributed by atoms with van der Waals surface area (Å²) in [5, 5.41) is 2.64. The van der Waals surface area contributed by atoms with Crippen LogP contribution in [0.3, 0.4) is 0 Å². The number of nitrogens with two attached hydrogens (primary N) is 1. The van der Waals surface area contributed by atoms with Gasteiger partial charge in [-0.1, -0.05) is 6.92 Å². The topological polar surface area (TPSA) is 58.4 Å². The third-order valence-corrected chi connectivity index (χ3v) is 3.20. The molecule has 1 aliphatic heterocycles. The first-order valence-electron chi connectivity index (χ1n) is 5.23. The zero-order valence-corrected chi connectivity index (χ0v) is 9.18. The largest absolute Gasteiger partial charge is 0.358 e. The molecule has 0 aliphatic carbocycles. The fraction of sp³-hybridized carbons (Fsp3) is 0.900. The number of hydrogen-bond donors (Lipinski definition) is 2. The van der Waals surface area contributed by atoms with E-state index in [2.05, 4.69) is 17.1 Å². The number of nitrogens with zero attached hydrogens (tertiary/aromatic N) is 1. The monoisotopic (exact) mass is 199 g/mol. The van der Waals surface area contributed by atoms with Crippen molar-refractivity contribution in [3.63, 3.8) is 0 Å². The van der Waals surface area contributed by atoms with Gasteiger partial charge in [0.2, 0.25) is 5.91 Å². The molecule has 0 bridgehead atoms. The van der Waals surface area contributed by atoms with Crippen LogP contribution in [-0.4, -0.2) is 44.0 Å². The fourth-order valence-corrected chi connectivity index (χ4v) is 1.74. The number of carbonyl (C=O) groups excluding carboxylic acids is 1. The Hall–Kier alpha value is -0.610. The van der Waals surface area contributed by atoms with Crippen LogP contribution >= 0.6 is 0 Å². The van der Waals surface area contributed by atoms with Crippen LogP contribution in [0, 0.1) is 5.41 Å². The number of nitrogens with one attached hydrogen (secondary N) is 1. The Morgan fingerprint density at radius 1 is 1.50 bits per heavy atom. The van der Waals surface area contributed by atoms with Crippen molar-refractivity contribution < 1.29 is 4.79 Å². The molecule has 0 aromatic heterocycles. The summed E-state index contributed by atoms with van der Waals surface area (Å²) in [6, 6.07) is 0. The van der Waals surface area contributed by atoms with E-state index in [0.29, 0.717) is 12.0 Å². The summed E-state index contributed by atoms with van der Waals surface area (Å²) in [4.78, 5) is 13.3. The Labute approximate surface area is 85.8 Å². The number of carbonyl (C=O) groups is 1. The molecule has 0 radical (unpaired) electrons. The minimum Gasteiger partial charge on any atom is -0.358 e. The van der Waals surface area contributed by atoms with E-state index in [0.717, 1.165) is 32.5 Å². The Morgan fingerprint density at radius 3 is 2.50 bits per heavy atom. The summed E-state index contributed by atoms with van der Waals surface area (Å²) in [7, 11) is 1.68. The van der Waals surface area contributed by atoms with E-state index >= 15 is 0 Å². The molecular weight excluding hydrogens is 178 g/mol. The first-order valence-corrected chi connectivity index (χ1v) is 5.23. The van der Waals surface area contributed by atoms with Crippen molar-refractivity contribution in [2.45, 2.75) is 19.8 Å². The molecule has 0 unspecified atom stereocenters. The Kier molecular flexibility index (Phi) is 3.89. The van der Waals surface area contributed by atoms with Gasteiger partial charge in [0.1, 0.15) is 0 Å². The molecule has 4 heteroatoms. The van der Waals surface area contributed by atoms with Crippen molar-refractivity contribution in [3.05, 3.63) is 0 Å². The predicted octanol–water partition coefficient (Wildman–Crippen LogP) is -0.207. The minimum atomic E-state index is 0.0985. The van der Waals surface area contributed by atoms with Crippen molar-refractivity contribution >= 4 is 5.91 Å². The molecule has 0 saturated carbocycles. The van der Waals surface area contributed by atoms with Crippen LogP contribution in [0.1, 0.15) is 19.8 Å². The molecule has 1 heterocycles. The summed E-state index contributed by atoms with van der Waals surface area (Å²) in [6.45, 7) is 5.48. The summed E-state index contributed by atoms with van der Waals surface area (Å²) >= 11 is 0. The van der Waals surface area contributed by atoms with Gasteiger partial charge in [-0.3, -0.25) is 9.69 Å². The highest BCUT2D eigenvalue weighted by atomic mass is 16.1. The van der Waals surface area contributed by atoms with Gasteiger partial charge in [-0.2, -0.15) is 0 Å². The lowest BCUT2D eigenvalue weighted by Crippen LogP contribution is -2.45. The average Bonchev–Trinajstić information content (AvgIpc) is 2.21. The van der Waals surface area contributed by atoms with Gasteiger partial charge in [0.05, 0.1) is 6.54 Å². The van der Waals surface area contributed by atoms with Gasteiger partial charge in [-0.15, -0.1) is 0 Å². The van der Waals surface area contributed by atoms with E-state index in [1.54, 1.807) is 7.05 Å². The Bertz CT molecular complexity index is 198.